The zero-order chi connectivity index (χ0) is 33.7. The summed E-state index contributed by atoms with van der Waals surface area (Å²) in [7, 11) is 0. The molecule has 238 valence electrons. The van der Waals surface area contributed by atoms with Gasteiger partial charge in [0.2, 0.25) is 0 Å². The maximum Gasteiger partial charge on any atom is 0.167 e. The number of fused-ring (bicyclic) bond motifs is 5. The molecule has 2 heterocycles. The second-order valence-electron chi connectivity index (χ2n) is 12.8. The van der Waals surface area contributed by atoms with Gasteiger partial charge in [-0.1, -0.05) is 158 Å². The van der Waals surface area contributed by atoms with Gasteiger partial charge in [-0.25, -0.2) is 15.0 Å². The van der Waals surface area contributed by atoms with Gasteiger partial charge in [0, 0.05) is 21.9 Å². The van der Waals surface area contributed by atoms with Gasteiger partial charge in [0.25, 0.3) is 0 Å². The van der Waals surface area contributed by atoms with Crippen LogP contribution in [0.1, 0.15) is 0 Å². The first-order valence-electron chi connectivity index (χ1n) is 17.1. The van der Waals surface area contributed by atoms with Crippen LogP contribution < -0.4 is 0 Å². The lowest BCUT2D eigenvalue weighted by Crippen LogP contribution is -2.01. The molecule has 0 unspecified atom stereocenters. The average Bonchev–Trinajstić information content (AvgIpc) is 3.59. The lowest BCUT2D eigenvalue weighted by molar-refractivity contribution is 0.669. The van der Waals surface area contributed by atoms with E-state index in [2.05, 4.69) is 140 Å². The topological polar surface area (TPSA) is 51.8 Å². The molecule has 4 nitrogen and oxygen atoms in total. The van der Waals surface area contributed by atoms with Crippen molar-refractivity contribution in [1.29, 1.82) is 0 Å². The molecule has 0 fully saturated rings. The minimum atomic E-state index is 0.564. The van der Waals surface area contributed by atoms with Crippen molar-refractivity contribution in [2.75, 3.05) is 0 Å². The van der Waals surface area contributed by atoms with E-state index < -0.39 is 0 Å². The van der Waals surface area contributed by atoms with Crippen molar-refractivity contribution in [2.45, 2.75) is 0 Å². The standard InChI is InChI=1S/C47H29N3O/c1-2-12-30(13-3-1)36-28-29-41(38-18-7-6-17-37(36)38)46-48-45(33-26-24-32(25-27-33)35-20-10-15-31-14-4-5-16-34(31)35)49-47(50-46)42-22-11-21-40-39-19-8-9-23-43(39)51-44(40)42/h1-29H. The van der Waals surface area contributed by atoms with Gasteiger partial charge in [-0.2, -0.15) is 0 Å². The molecule has 10 aromatic rings. The highest BCUT2D eigenvalue weighted by Crippen LogP contribution is 2.38. The highest BCUT2D eigenvalue weighted by atomic mass is 16.3. The molecule has 0 aliphatic heterocycles. The van der Waals surface area contributed by atoms with Gasteiger partial charge in [-0.15, -0.1) is 0 Å². The van der Waals surface area contributed by atoms with E-state index in [0.717, 1.165) is 55.0 Å². The molecule has 4 heteroatoms. The summed E-state index contributed by atoms with van der Waals surface area (Å²) in [6.45, 7) is 0. The van der Waals surface area contributed by atoms with Gasteiger partial charge < -0.3 is 4.42 Å². The Morgan fingerprint density at radius 3 is 1.63 bits per heavy atom. The van der Waals surface area contributed by atoms with E-state index in [1.165, 1.54) is 27.5 Å². The van der Waals surface area contributed by atoms with Gasteiger partial charge in [0.15, 0.2) is 17.5 Å². The molecule has 10 rings (SSSR count). The smallest absolute Gasteiger partial charge is 0.167 e. The molecule has 0 atom stereocenters. The van der Waals surface area contributed by atoms with E-state index >= 15 is 0 Å². The van der Waals surface area contributed by atoms with E-state index in [1.54, 1.807) is 0 Å². The Balaban J connectivity index is 1.18. The zero-order valence-electron chi connectivity index (χ0n) is 27.5. The second-order valence-corrected chi connectivity index (χ2v) is 12.8. The van der Waals surface area contributed by atoms with Crippen molar-refractivity contribution < 1.29 is 4.42 Å². The van der Waals surface area contributed by atoms with E-state index in [-0.39, 0.29) is 0 Å². The fourth-order valence-corrected chi connectivity index (χ4v) is 7.31. The van der Waals surface area contributed by atoms with Crippen LogP contribution in [0.15, 0.2) is 180 Å². The summed E-state index contributed by atoms with van der Waals surface area (Å²) in [5, 5.41) is 6.76. The number of benzene rings is 8. The van der Waals surface area contributed by atoms with Crippen LogP contribution in [0.25, 0.3) is 99.9 Å². The highest BCUT2D eigenvalue weighted by Gasteiger charge is 2.19. The van der Waals surface area contributed by atoms with Crippen LogP contribution >= 0.6 is 0 Å². The Kier molecular flexibility index (Phi) is 6.78. The number of aromatic nitrogens is 3. The summed E-state index contributed by atoms with van der Waals surface area (Å²) in [6, 6.07) is 61.1. The maximum atomic E-state index is 6.46. The third-order valence-corrected chi connectivity index (χ3v) is 9.77. The molecule has 0 saturated carbocycles. The molecule has 0 saturated heterocycles. The molecule has 0 N–H and O–H groups in total. The summed E-state index contributed by atoms with van der Waals surface area (Å²) < 4.78 is 6.46. The molecule has 0 bridgehead atoms. The number of furan rings is 1. The molecule has 0 aliphatic rings. The molecule has 51 heavy (non-hydrogen) atoms. The minimum Gasteiger partial charge on any atom is -0.455 e. The number of para-hydroxylation sites is 2. The van der Waals surface area contributed by atoms with Gasteiger partial charge in [-0.05, 0) is 62.0 Å². The normalized spacial score (nSPS) is 11.5. The Labute approximate surface area is 294 Å². The fraction of sp³-hybridized carbons (Fsp3) is 0. The fourth-order valence-electron chi connectivity index (χ4n) is 7.31. The van der Waals surface area contributed by atoms with Crippen LogP contribution in [0.2, 0.25) is 0 Å². The van der Waals surface area contributed by atoms with Crippen molar-refractivity contribution in [2.24, 2.45) is 0 Å². The van der Waals surface area contributed by atoms with Crippen LogP contribution in [-0.4, -0.2) is 15.0 Å². The quantitative estimate of drug-likeness (QED) is 0.186. The summed E-state index contributed by atoms with van der Waals surface area (Å²) in [4.78, 5) is 15.5. The molecule has 0 spiro atoms. The second kappa shape index (κ2) is 11.9. The van der Waals surface area contributed by atoms with E-state index in [1.807, 2.05) is 36.4 Å². The Bertz CT molecular complexity index is 2900. The predicted octanol–water partition coefficient (Wildman–Crippen LogP) is 12.4. The van der Waals surface area contributed by atoms with Crippen molar-refractivity contribution in [3.05, 3.63) is 176 Å². The lowest BCUT2D eigenvalue weighted by Gasteiger charge is -2.13. The minimum absolute atomic E-state index is 0.564. The van der Waals surface area contributed by atoms with Crippen molar-refractivity contribution in [3.63, 3.8) is 0 Å². The van der Waals surface area contributed by atoms with E-state index in [4.69, 9.17) is 19.4 Å². The van der Waals surface area contributed by atoms with Gasteiger partial charge >= 0.3 is 0 Å². The maximum absolute atomic E-state index is 6.46. The van der Waals surface area contributed by atoms with Gasteiger partial charge in [0.1, 0.15) is 11.2 Å². The predicted molar refractivity (Wildman–Crippen MR) is 209 cm³/mol. The van der Waals surface area contributed by atoms with Gasteiger partial charge in [-0.3, -0.25) is 0 Å². The number of hydrogen-bond donors (Lipinski definition) is 0. The van der Waals surface area contributed by atoms with Crippen molar-refractivity contribution in [3.8, 4) is 56.4 Å². The summed E-state index contributed by atoms with van der Waals surface area (Å²) in [5.74, 6) is 1.77. The Hall–Kier alpha value is -6.91. The molecule has 0 amide bonds. The summed E-state index contributed by atoms with van der Waals surface area (Å²) in [6.07, 6.45) is 0. The van der Waals surface area contributed by atoms with Crippen molar-refractivity contribution in [1.82, 2.24) is 15.0 Å². The average molecular weight is 652 g/mol. The number of nitrogens with zero attached hydrogens (tertiary/aromatic N) is 3. The SMILES string of the molecule is c1ccc(-c2ccc(-c3nc(-c4ccc(-c5cccc6ccccc56)cc4)nc(-c4cccc5c4oc4ccccc45)n3)c3ccccc23)cc1. The summed E-state index contributed by atoms with van der Waals surface area (Å²) in [5.41, 5.74) is 8.94. The van der Waals surface area contributed by atoms with Crippen LogP contribution in [0.4, 0.5) is 0 Å². The first-order valence-corrected chi connectivity index (χ1v) is 17.1. The Morgan fingerprint density at radius 2 is 0.804 bits per heavy atom. The number of hydrogen-bond acceptors (Lipinski definition) is 4. The van der Waals surface area contributed by atoms with Crippen LogP contribution in [0.5, 0.6) is 0 Å². The third-order valence-electron chi connectivity index (χ3n) is 9.77. The zero-order valence-corrected chi connectivity index (χ0v) is 27.5. The molecule has 8 aromatic carbocycles. The monoisotopic (exact) mass is 651 g/mol. The third kappa shape index (κ3) is 4.96. The lowest BCUT2D eigenvalue weighted by atomic mass is 9.94. The summed E-state index contributed by atoms with van der Waals surface area (Å²) >= 11 is 0. The van der Waals surface area contributed by atoms with E-state index in [0.29, 0.717) is 17.5 Å². The van der Waals surface area contributed by atoms with E-state index in [9.17, 15) is 0 Å². The molecule has 0 aliphatic carbocycles. The van der Waals surface area contributed by atoms with Gasteiger partial charge in [0.05, 0.1) is 5.56 Å². The van der Waals surface area contributed by atoms with Crippen LogP contribution in [-0.2, 0) is 0 Å². The van der Waals surface area contributed by atoms with Crippen LogP contribution in [0, 0.1) is 0 Å². The molecular weight excluding hydrogens is 623 g/mol. The first-order chi connectivity index (χ1) is 25.3. The Morgan fingerprint density at radius 1 is 0.294 bits per heavy atom. The van der Waals surface area contributed by atoms with Crippen LogP contribution in [0.3, 0.4) is 0 Å². The molecule has 0 radical (unpaired) electrons. The van der Waals surface area contributed by atoms with Crippen molar-refractivity contribution >= 4 is 43.5 Å². The number of rotatable bonds is 5. The first kappa shape index (κ1) is 29.0. The molecule has 2 aromatic heterocycles. The highest BCUT2D eigenvalue weighted by molar-refractivity contribution is 6.09. The molecular formula is C47H29N3O. The largest absolute Gasteiger partial charge is 0.455 e.